The van der Waals surface area contributed by atoms with E-state index < -0.39 is 0 Å². The summed E-state index contributed by atoms with van der Waals surface area (Å²) < 4.78 is 6.34. The van der Waals surface area contributed by atoms with Crippen molar-refractivity contribution in [3.63, 3.8) is 0 Å². The lowest BCUT2D eigenvalue weighted by molar-refractivity contribution is 0.406. The number of para-hydroxylation sites is 1. The molecule has 0 spiro atoms. The topological polar surface area (TPSA) is 33.6 Å². The van der Waals surface area contributed by atoms with Crippen molar-refractivity contribution in [1.29, 1.82) is 0 Å². The highest BCUT2D eigenvalue weighted by molar-refractivity contribution is 9.10. The summed E-state index contributed by atoms with van der Waals surface area (Å²) >= 11 is 5.24. The van der Waals surface area contributed by atoms with Gasteiger partial charge in [-0.1, -0.05) is 23.9 Å². The first-order valence-corrected chi connectivity index (χ1v) is 6.81. The maximum absolute atomic E-state index is 5.36. The van der Waals surface area contributed by atoms with E-state index in [-0.39, 0.29) is 0 Å². The van der Waals surface area contributed by atoms with Crippen molar-refractivity contribution < 1.29 is 4.74 Å². The van der Waals surface area contributed by atoms with Crippen molar-refractivity contribution in [2.45, 2.75) is 6.54 Å². The SMILES string of the molecule is COc1c(Br)cccc1CNC1=NCCS1. The van der Waals surface area contributed by atoms with Crippen LogP contribution >= 0.6 is 27.7 Å². The molecule has 1 N–H and O–H groups in total. The molecule has 0 amide bonds. The van der Waals surface area contributed by atoms with Crippen molar-refractivity contribution in [2.75, 3.05) is 19.4 Å². The summed E-state index contributed by atoms with van der Waals surface area (Å²) in [6.45, 7) is 1.66. The van der Waals surface area contributed by atoms with Gasteiger partial charge in [-0.05, 0) is 22.0 Å². The van der Waals surface area contributed by atoms with Gasteiger partial charge in [0, 0.05) is 17.9 Å². The quantitative estimate of drug-likeness (QED) is 0.932. The molecule has 1 aromatic carbocycles. The summed E-state index contributed by atoms with van der Waals surface area (Å²) in [4.78, 5) is 4.34. The standard InChI is InChI=1S/C11H13BrN2OS/c1-15-10-8(3-2-4-9(10)12)7-14-11-13-5-6-16-11/h2-4H,5-7H2,1H3,(H,13,14). The van der Waals surface area contributed by atoms with Gasteiger partial charge < -0.3 is 10.1 Å². The van der Waals surface area contributed by atoms with Crippen LogP contribution in [0.15, 0.2) is 27.7 Å². The average Bonchev–Trinajstić information content (AvgIpc) is 2.79. The van der Waals surface area contributed by atoms with E-state index in [4.69, 9.17) is 4.74 Å². The van der Waals surface area contributed by atoms with Crippen LogP contribution in [0.25, 0.3) is 0 Å². The largest absolute Gasteiger partial charge is 0.495 e. The maximum atomic E-state index is 5.36. The fourth-order valence-electron chi connectivity index (χ4n) is 1.53. The summed E-state index contributed by atoms with van der Waals surface area (Å²) in [5.74, 6) is 1.97. The van der Waals surface area contributed by atoms with Crippen molar-refractivity contribution in [1.82, 2.24) is 5.32 Å². The minimum absolute atomic E-state index is 0.744. The number of rotatable bonds is 3. The molecule has 3 nitrogen and oxygen atoms in total. The molecule has 1 aliphatic heterocycles. The number of hydrogen-bond acceptors (Lipinski definition) is 4. The summed E-state index contributed by atoms with van der Waals surface area (Å²) in [6, 6.07) is 6.04. The summed E-state index contributed by atoms with van der Waals surface area (Å²) in [5, 5.41) is 4.34. The van der Waals surface area contributed by atoms with Crippen molar-refractivity contribution in [3.05, 3.63) is 28.2 Å². The number of nitrogens with zero attached hydrogens (tertiary/aromatic N) is 1. The van der Waals surface area contributed by atoms with Crippen LogP contribution in [0.4, 0.5) is 0 Å². The second-order valence-electron chi connectivity index (χ2n) is 3.32. The van der Waals surface area contributed by atoms with Crippen LogP contribution < -0.4 is 10.1 Å². The predicted molar refractivity (Wildman–Crippen MR) is 72.3 cm³/mol. The Bertz CT molecular complexity index is 409. The van der Waals surface area contributed by atoms with E-state index in [1.807, 2.05) is 12.1 Å². The van der Waals surface area contributed by atoms with E-state index in [2.05, 4.69) is 32.3 Å². The molecule has 0 atom stereocenters. The molecule has 16 heavy (non-hydrogen) atoms. The average molecular weight is 301 g/mol. The Hall–Kier alpha value is -0.680. The normalized spacial score (nSPS) is 14.8. The maximum Gasteiger partial charge on any atom is 0.156 e. The first kappa shape index (κ1) is 11.8. The van der Waals surface area contributed by atoms with Crippen molar-refractivity contribution >= 4 is 32.9 Å². The number of methoxy groups -OCH3 is 1. The predicted octanol–water partition coefficient (Wildman–Crippen LogP) is 2.65. The third kappa shape index (κ3) is 2.71. The van der Waals surface area contributed by atoms with Crippen LogP contribution in [0.2, 0.25) is 0 Å². The number of halogens is 1. The van der Waals surface area contributed by atoms with Gasteiger partial charge in [0.1, 0.15) is 5.75 Å². The Morgan fingerprint density at radius 3 is 3.12 bits per heavy atom. The van der Waals surface area contributed by atoms with Crippen molar-refractivity contribution in [2.24, 2.45) is 4.99 Å². The van der Waals surface area contributed by atoms with Gasteiger partial charge in [-0.15, -0.1) is 0 Å². The van der Waals surface area contributed by atoms with Crippen molar-refractivity contribution in [3.8, 4) is 5.75 Å². The molecule has 0 radical (unpaired) electrons. The highest BCUT2D eigenvalue weighted by Gasteiger charge is 2.09. The number of thioether (sulfide) groups is 1. The fourth-order valence-corrected chi connectivity index (χ4v) is 2.84. The monoisotopic (exact) mass is 300 g/mol. The van der Waals surface area contributed by atoms with Crippen LogP contribution in [0.1, 0.15) is 5.56 Å². The molecule has 1 aromatic rings. The van der Waals surface area contributed by atoms with Crippen LogP contribution in [0, 0.1) is 0 Å². The van der Waals surface area contributed by atoms with Gasteiger partial charge >= 0.3 is 0 Å². The number of hydrogen-bond donors (Lipinski definition) is 1. The zero-order valence-corrected chi connectivity index (χ0v) is 11.4. The summed E-state index contributed by atoms with van der Waals surface area (Å²) in [5.41, 5.74) is 1.13. The highest BCUT2D eigenvalue weighted by atomic mass is 79.9. The molecule has 5 heteroatoms. The van der Waals surface area contributed by atoms with Gasteiger partial charge in [-0.25, -0.2) is 0 Å². The molecule has 1 heterocycles. The Labute approximate surface area is 108 Å². The minimum atomic E-state index is 0.744. The van der Waals surface area contributed by atoms with Gasteiger partial charge in [0.15, 0.2) is 5.17 Å². The molecular formula is C11H13BrN2OS. The molecule has 0 bridgehead atoms. The summed E-state index contributed by atoms with van der Waals surface area (Å²) in [7, 11) is 1.69. The van der Waals surface area contributed by atoms with Crippen LogP contribution in [0.5, 0.6) is 5.75 Å². The number of ether oxygens (including phenoxy) is 1. The Balaban J connectivity index is 2.05. The highest BCUT2D eigenvalue weighted by Crippen LogP contribution is 2.28. The Morgan fingerprint density at radius 1 is 1.56 bits per heavy atom. The first-order valence-electron chi connectivity index (χ1n) is 5.04. The van der Waals surface area contributed by atoms with Crippen LogP contribution in [-0.4, -0.2) is 24.6 Å². The molecular weight excluding hydrogens is 288 g/mol. The first-order chi connectivity index (χ1) is 7.81. The molecule has 2 rings (SSSR count). The molecule has 86 valence electrons. The van der Waals surface area contributed by atoms with E-state index in [1.54, 1.807) is 18.9 Å². The van der Waals surface area contributed by atoms with E-state index in [1.165, 1.54) is 0 Å². The summed E-state index contributed by atoms with van der Waals surface area (Å²) in [6.07, 6.45) is 0. The second kappa shape index (κ2) is 5.59. The molecule has 0 unspecified atom stereocenters. The van der Waals surface area contributed by atoms with E-state index in [9.17, 15) is 0 Å². The van der Waals surface area contributed by atoms with E-state index >= 15 is 0 Å². The third-order valence-corrected chi connectivity index (χ3v) is 3.83. The Morgan fingerprint density at radius 2 is 2.44 bits per heavy atom. The van der Waals surface area contributed by atoms with E-state index in [0.29, 0.717) is 0 Å². The lowest BCUT2D eigenvalue weighted by Gasteiger charge is -2.11. The van der Waals surface area contributed by atoms with Crippen LogP contribution in [-0.2, 0) is 6.54 Å². The lowest BCUT2D eigenvalue weighted by Crippen LogP contribution is -2.18. The number of benzene rings is 1. The van der Waals surface area contributed by atoms with Crippen LogP contribution in [0.3, 0.4) is 0 Å². The third-order valence-electron chi connectivity index (χ3n) is 2.27. The van der Waals surface area contributed by atoms with E-state index in [0.717, 1.165) is 39.8 Å². The molecule has 0 saturated carbocycles. The molecule has 0 aliphatic carbocycles. The number of nitrogens with one attached hydrogen (secondary N) is 1. The van der Waals surface area contributed by atoms with Gasteiger partial charge in [0.25, 0.3) is 0 Å². The van der Waals surface area contributed by atoms with Gasteiger partial charge in [-0.2, -0.15) is 0 Å². The lowest BCUT2D eigenvalue weighted by atomic mass is 10.2. The number of aliphatic imine (C=N–C) groups is 1. The van der Waals surface area contributed by atoms with Gasteiger partial charge in [0.2, 0.25) is 0 Å². The fraction of sp³-hybridized carbons (Fsp3) is 0.364. The Kier molecular flexibility index (Phi) is 4.12. The molecule has 0 saturated heterocycles. The van der Waals surface area contributed by atoms with Gasteiger partial charge in [-0.3, -0.25) is 4.99 Å². The zero-order chi connectivity index (χ0) is 11.4. The second-order valence-corrected chi connectivity index (χ2v) is 5.26. The molecule has 0 fully saturated rings. The smallest absolute Gasteiger partial charge is 0.156 e. The number of amidine groups is 1. The van der Waals surface area contributed by atoms with Gasteiger partial charge in [0.05, 0.1) is 18.1 Å². The zero-order valence-electron chi connectivity index (χ0n) is 9.00. The molecule has 0 aromatic heterocycles. The minimum Gasteiger partial charge on any atom is -0.495 e. The molecule has 1 aliphatic rings.